The van der Waals surface area contributed by atoms with Crippen molar-refractivity contribution in [1.29, 1.82) is 0 Å². The Kier molecular flexibility index (Phi) is 5.88. The third-order valence-corrected chi connectivity index (χ3v) is 1.17. The first-order valence-electron chi connectivity index (χ1n) is 3.27. The molecular formula is C6H15FN2. The van der Waals surface area contributed by atoms with Gasteiger partial charge in [0.2, 0.25) is 0 Å². The largest absolute Gasteiger partial charge is 0.327 e. The van der Waals surface area contributed by atoms with Crippen molar-refractivity contribution >= 4 is 0 Å². The van der Waals surface area contributed by atoms with Gasteiger partial charge in [0.1, 0.15) is 0 Å². The van der Waals surface area contributed by atoms with Gasteiger partial charge in [0.25, 0.3) is 0 Å². The molecule has 0 aromatic heterocycles. The van der Waals surface area contributed by atoms with Gasteiger partial charge in [-0.3, -0.25) is 4.39 Å². The van der Waals surface area contributed by atoms with Crippen LogP contribution in [0.15, 0.2) is 0 Å². The molecule has 56 valence electrons. The summed E-state index contributed by atoms with van der Waals surface area (Å²) in [4.78, 5) is 0. The Morgan fingerprint density at radius 3 is 2.78 bits per heavy atom. The minimum atomic E-state index is -0.253. The second-order valence-electron chi connectivity index (χ2n) is 2.15. The first kappa shape index (κ1) is 8.85. The molecule has 0 aromatic carbocycles. The van der Waals surface area contributed by atoms with Crippen LogP contribution in [0, 0.1) is 0 Å². The predicted octanol–water partition coefficient (Wildman–Crippen LogP) is 0.283. The molecule has 0 aliphatic rings. The normalized spacial score (nSPS) is 13.7. The molecule has 0 saturated carbocycles. The third-order valence-electron chi connectivity index (χ3n) is 1.17. The maximum atomic E-state index is 11.5. The van der Waals surface area contributed by atoms with Crippen LogP contribution in [-0.4, -0.2) is 26.3 Å². The number of alkyl halides is 1. The van der Waals surface area contributed by atoms with Gasteiger partial charge in [-0.05, 0) is 19.9 Å². The Labute approximate surface area is 55.6 Å². The molecule has 0 spiro atoms. The van der Waals surface area contributed by atoms with E-state index in [2.05, 4.69) is 5.32 Å². The fourth-order valence-corrected chi connectivity index (χ4v) is 0.704. The molecule has 0 bridgehead atoms. The number of nitrogens with two attached hydrogens (primary N) is 1. The molecule has 2 nitrogen and oxygen atoms in total. The molecule has 0 amide bonds. The van der Waals surface area contributed by atoms with Gasteiger partial charge < -0.3 is 11.1 Å². The van der Waals surface area contributed by atoms with Crippen LogP contribution in [0.3, 0.4) is 0 Å². The Morgan fingerprint density at radius 1 is 1.67 bits per heavy atom. The molecule has 0 heterocycles. The molecule has 3 heteroatoms. The van der Waals surface area contributed by atoms with E-state index in [1.807, 2.05) is 7.05 Å². The SMILES string of the molecule is CNCC(N)CCCF. The smallest absolute Gasteiger partial charge is 0.0895 e. The average molecular weight is 134 g/mol. The third kappa shape index (κ3) is 5.73. The van der Waals surface area contributed by atoms with Gasteiger partial charge in [0.05, 0.1) is 6.67 Å². The van der Waals surface area contributed by atoms with Crippen molar-refractivity contribution in [2.24, 2.45) is 5.73 Å². The summed E-state index contributed by atoms with van der Waals surface area (Å²) in [6, 6.07) is 0.116. The number of nitrogens with one attached hydrogen (secondary N) is 1. The fourth-order valence-electron chi connectivity index (χ4n) is 0.704. The lowest BCUT2D eigenvalue weighted by molar-refractivity contribution is 0.436. The Hall–Kier alpha value is -0.150. The second-order valence-corrected chi connectivity index (χ2v) is 2.15. The molecule has 3 N–H and O–H groups in total. The lowest BCUT2D eigenvalue weighted by Crippen LogP contribution is -2.31. The van der Waals surface area contributed by atoms with Crippen molar-refractivity contribution < 1.29 is 4.39 Å². The maximum absolute atomic E-state index is 11.5. The van der Waals surface area contributed by atoms with Crippen LogP contribution in [0.25, 0.3) is 0 Å². The molecule has 0 radical (unpaired) electrons. The van der Waals surface area contributed by atoms with Crippen molar-refractivity contribution in [2.75, 3.05) is 20.3 Å². The molecular weight excluding hydrogens is 119 g/mol. The van der Waals surface area contributed by atoms with Crippen molar-refractivity contribution in [1.82, 2.24) is 5.32 Å². The highest BCUT2D eigenvalue weighted by molar-refractivity contribution is 4.61. The van der Waals surface area contributed by atoms with Crippen LogP contribution < -0.4 is 11.1 Å². The molecule has 9 heavy (non-hydrogen) atoms. The summed E-state index contributed by atoms with van der Waals surface area (Å²) in [7, 11) is 1.84. The van der Waals surface area contributed by atoms with Crippen molar-refractivity contribution in [3.05, 3.63) is 0 Å². The van der Waals surface area contributed by atoms with Gasteiger partial charge in [-0.2, -0.15) is 0 Å². The predicted molar refractivity (Wildman–Crippen MR) is 37.1 cm³/mol. The van der Waals surface area contributed by atoms with E-state index in [9.17, 15) is 4.39 Å². The van der Waals surface area contributed by atoms with E-state index in [0.29, 0.717) is 6.42 Å². The van der Waals surface area contributed by atoms with Gasteiger partial charge in [-0.25, -0.2) is 0 Å². The van der Waals surface area contributed by atoms with E-state index in [-0.39, 0.29) is 12.7 Å². The van der Waals surface area contributed by atoms with E-state index in [4.69, 9.17) is 5.73 Å². The molecule has 0 saturated heterocycles. The van der Waals surface area contributed by atoms with E-state index >= 15 is 0 Å². The monoisotopic (exact) mass is 134 g/mol. The van der Waals surface area contributed by atoms with Gasteiger partial charge in [0.15, 0.2) is 0 Å². The number of rotatable bonds is 5. The van der Waals surface area contributed by atoms with Crippen LogP contribution in [0.1, 0.15) is 12.8 Å². The second kappa shape index (κ2) is 5.98. The Balaban J connectivity index is 2.95. The number of hydrogen-bond donors (Lipinski definition) is 2. The summed E-state index contributed by atoms with van der Waals surface area (Å²) < 4.78 is 11.5. The Bertz CT molecular complexity index is 59.0. The summed E-state index contributed by atoms with van der Waals surface area (Å²) in [6.45, 7) is 0.525. The van der Waals surface area contributed by atoms with E-state index in [0.717, 1.165) is 13.0 Å². The molecule has 0 aromatic rings. The Morgan fingerprint density at radius 2 is 2.33 bits per heavy atom. The topological polar surface area (TPSA) is 38.0 Å². The molecule has 0 rings (SSSR count). The average Bonchev–Trinajstić information content (AvgIpc) is 1.85. The standard InChI is InChI=1S/C6H15FN2/c1-9-5-6(8)3-2-4-7/h6,9H,2-5,8H2,1H3. The maximum Gasteiger partial charge on any atom is 0.0895 e. The van der Waals surface area contributed by atoms with Crippen LogP contribution in [0.2, 0.25) is 0 Å². The highest BCUT2D eigenvalue weighted by Crippen LogP contribution is 1.92. The lowest BCUT2D eigenvalue weighted by atomic mass is 10.2. The first-order valence-corrected chi connectivity index (χ1v) is 3.27. The summed E-state index contributed by atoms with van der Waals surface area (Å²) in [6.07, 6.45) is 1.36. The lowest BCUT2D eigenvalue weighted by Gasteiger charge is -2.07. The number of likely N-dealkylation sites (N-methyl/N-ethyl adjacent to an activating group) is 1. The highest BCUT2D eigenvalue weighted by Gasteiger charge is 1.98. The molecule has 1 atom stereocenters. The zero-order valence-electron chi connectivity index (χ0n) is 5.86. The van der Waals surface area contributed by atoms with Crippen LogP contribution >= 0.6 is 0 Å². The number of hydrogen-bond acceptors (Lipinski definition) is 2. The minimum absolute atomic E-state index is 0.116. The molecule has 1 unspecified atom stereocenters. The van der Waals surface area contributed by atoms with E-state index in [1.165, 1.54) is 0 Å². The van der Waals surface area contributed by atoms with Gasteiger partial charge in [-0.15, -0.1) is 0 Å². The van der Waals surface area contributed by atoms with Gasteiger partial charge in [-0.1, -0.05) is 0 Å². The minimum Gasteiger partial charge on any atom is -0.327 e. The molecule has 0 aliphatic heterocycles. The summed E-state index contributed by atoms with van der Waals surface area (Å²) in [5.74, 6) is 0. The summed E-state index contributed by atoms with van der Waals surface area (Å²) in [5.41, 5.74) is 5.54. The van der Waals surface area contributed by atoms with Gasteiger partial charge in [0, 0.05) is 12.6 Å². The summed E-state index contributed by atoms with van der Waals surface area (Å²) in [5, 5.41) is 2.93. The fraction of sp³-hybridized carbons (Fsp3) is 1.00. The zero-order valence-corrected chi connectivity index (χ0v) is 5.86. The van der Waals surface area contributed by atoms with Crippen LogP contribution in [0.5, 0.6) is 0 Å². The highest BCUT2D eigenvalue weighted by atomic mass is 19.1. The van der Waals surface area contributed by atoms with Gasteiger partial charge >= 0.3 is 0 Å². The van der Waals surface area contributed by atoms with Crippen molar-refractivity contribution in [3.63, 3.8) is 0 Å². The number of halogens is 1. The zero-order chi connectivity index (χ0) is 7.11. The van der Waals surface area contributed by atoms with Crippen LogP contribution in [0.4, 0.5) is 4.39 Å². The van der Waals surface area contributed by atoms with E-state index < -0.39 is 0 Å². The molecule has 0 aliphatic carbocycles. The van der Waals surface area contributed by atoms with Crippen molar-refractivity contribution in [3.8, 4) is 0 Å². The van der Waals surface area contributed by atoms with E-state index in [1.54, 1.807) is 0 Å². The van der Waals surface area contributed by atoms with Crippen molar-refractivity contribution in [2.45, 2.75) is 18.9 Å². The van der Waals surface area contributed by atoms with Crippen LogP contribution in [-0.2, 0) is 0 Å². The molecule has 0 fully saturated rings. The first-order chi connectivity index (χ1) is 4.31. The quantitative estimate of drug-likeness (QED) is 0.567. The summed E-state index contributed by atoms with van der Waals surface area (Å²) >= 11 is 0.